The van der Waals surface area contributed by atoms with Crippen LogP contribution in [-0.4, -0.2) is 12.1 Å². The lowest BCUT2D eigenvalue weighted by atomic mass is 9.90. The minimum absolute atomic E-state index is 0.0965. The van der Waals surface area contributed by atoms with Crippen LogP contribution in [0.1, 0.15) is 86.3 Å². The molecule has 0 saturated heterocycles. The van der Waals surface area contributed by atoms with Gasteiger partial charge in [0.2, 0.25) is 0 Å². The van der Waals surface area contributed by atoms with Gasteiger partial charge in [-0.25, -0.2) is 4.79 Å². The van der Waals surface area contributed by atoms with Crippen molar-refractivity contribution in [1.82, 2.24) is 0 Å². The van der Waals surface area contributed by atoms with Crippen LogP contribution in [-0.2, 0) is 11.2 Å². The summed E-state index contributed by atoms with van der Waals surface area (Å²) in [6.45, 7) is 8.75. The maximum absolute atomic E-state index is 12.1. The van der Waals surface area contributed by atoms with E-state index in [0.29, 0.717) is 11.5 Å². The van der Waals surface area contributed by atoms with Crippen molar-refractivity contribution in [1.29, 1.82) is 0 Å². The number of rotatable bonds is 10. The smallest absolute Gasteiger partial charge is 0.338 e. The highest BCUT2D eigenvalue weighted by Crippen LogP contribution is 2.25. The predicted molar refractivity (Wildman–Crippen MR) is 119 cm³/mol. The molecule has 0 spiro atoms. The molecule has 0 aliphatic rings. The van der Waals surface area contributed by atoms with Crippen LogP contribution in [0.5, 0.6) is 0 Å². The first kappa shape index (κ1) is 21.9. The number of hydrogen-bond donors (Lipinski definition) is 0. The summed E-state index contributed by atoms with van der Waals surface area (Å²) in [4.78, 5) is 12.1. The molecule has 2 unspecified atom stereocenters. The van der Waals surface area contributed by atoms with Gasteiger partial charge in [0.15, 0.2) is 0 Å². The number of benzene rings is 2. The molecule has 2 rings (SSSR count). The van der Waals surface area contributed by atoms with Crippen LogP contribution in [0.25, 0.3) is 6.08 Å². The van der Waals surface area contributed by atoms with Crippen molar-refractivity contribution >= 4 is 12.0 Å². The molecule has 0 aliphatic carbocycles. The molecule has 2 atom stereocenters. The first-order chi connectivity index (χ1) is 13.5. The normalized spacial score (nSPS) is 13.4. The third-order valence-electron chi connectivity index (χ3n) is 5.20. The second-order valence-corrected chi connectivity index (χ2v) is 7.58. The summed E-state index contributed by atoms with van der Waals surface area (Å²) in [5.41, 5.74) is 4.83. The first-order valence-corrected chi connectivity index (χ1v) is 10.6. The fourth-order valence-electron chi connectivity index (χ4n) is 3.35. The summed E-state index contributed by atoms with van der Waals surface area (Å²) in [6, 6.07) is 16.0. The highest BCUT2D eigenvalue weighted by atomic mass is 16.5. The van der Waals surface area contributed by atoms with Crippen LogP contribution in [0.2, 0.25) is 0 Å². The number of carbonyl (C=O) groups excluding carboxylic acids is 1. The standard InChI is InChI=1S/C26H34O2/c1-5-12-24-19-22(17-18-25(24)20(3)6-2)14-11-10-13-21(4)28-26(27)23-15-8-7-9-16-23/h7-9,11,14-21H,5-6,10,12-13H2,1-4H3. The summed E-state index contributed by atoms with van der Waals surface area (Å²) >= 11 is 0. The van der Waals surface area contributed by atoms with E-state index in [1.54, 1.807) is 12.1 Å². The number of aryl methyl sites for hydroxylation is 1. The molecule has 2 heteroatoms. The zero-order chi connectivity index (χ0) is 20.4. The van der Waals surface area contributed by atoms with Crippen LogP contribution in [0.4, 0.5) is 0 Å². The van der Waals surface area contributed by atoms with E-state index in [1.807, 2.05) is 25.1 Å². The highest BCUT2D eigenvalue weighted by molar-refractivity contribution is 5.89. The van der Waals surface area contributed by atoms with Crippen molar-refractivity contribution in [3.63, 3.8) is 0 Å². The quantitative estimate of drug-likeness (QED) is 0.409. The number of allylic oxidation sites excluding steroid dienone is 1. The van der Waals surface area contributed by atoms with E-state index in [4.69, 9.17) is 4.74 Å². The predicted octanol–water partition coefficient (Wildman–Crippen LogP) is 7.19. The fourth-order valence-corrected chi connectivity index (χ4v) is 3.35. The van der Waals surface area contributed by atoms with Gasteiger partial charge in [0.1, 0.15) is 0 Å². The van der Waals surface area contributed by atoms with Gasteiger partial charge in [-0.15, -0.1) is 0 Å². The van der Waals surface area contributed by atoms with E-state index in [2.05, 4.69) is 51.1 Å². The Hall–Kier alpha value is -2.35. The summed E-state index contributed by atoms with van der Waals surface area (Å²) in [7, 11) is 0. The molecular weight excluding hydrogens is 344 g/mol. The van der Waals surface area contributed by atoms with Gasteiger partial charge in [-0.2, -0.15) is 0 Å². The zero-order valence-electron chi connectivity index (χ0n) is 17.8. The highest BCUT2D eigenvalue weighted by Gasteiger charge is 2.11. The summed E-state index contributed by atoms with van der Waals surface area (Å²) in [6.07, 6.45) is 9.45. The Morgan fingerprint density at radius 3 is 2.50 bits per heavy atom. The Kier molecular flexibility index (Phi) is 9.00. The molecule has 2 nitrogen and oxygen atoms in total. The lowest BCUT2D eigenvalue weighted by Gasteiger charge is -2.15. The molecule has 0 amide bonds. The van der Waals surface area contributed by atoms with Gasteiger partial charge in [0, 0.05) is 0 Å². The van der Waals surface area contributed by atoms with Gasteiger partial charge in [-0.1, -0.05) is 75.7 Å². The van der Waals surface area contributed by atoms with Crippen molar-refractivity contribution in [3.05, 3.63) is 76.9 Å². The average molecular weight is 379 g/mol. The first-order valence-electron chi connectivity index (χ1n) is 10.6. The topological polar surface area (TPSA) is 26.3 Å². The molecule has 2 aromatic carbocycles. The molecule has 2 aromatic rings. The maximum atomic E-state index is 12.1. The van der Waals surface area contributed by atoms with Gasteiger partial charge in [0.25, 0.3) is 0 Å². The van der Waals surface area contributed by atoms with E-state index in [1.165, 1.54) is 29.5 Å². The second kappa shape index (κ2) is 11.5. The van der Waals surface area contributed by atoms with E-state index in [-0.39, 0.29) is 12.1 Å². The SMILES string of the molecule is CCCc1cc(C=CCCC(C)OC(=O)c2ccccc2)ccc1C(C)CC. The van der Waals surface area contributed by atoms with Gasteiger partial charge in [-0.3, -0.25) is 0 Å². The average Bonchev–Trinajstić information content (AvgIpc) is 2.71. The lowest BCUT2D eigenvalue weighted by Crippen LogP contribution is -2.14. The molecule has 0 heterocycles. The van der Waals surface area contributed by atoms with Gasteiger partial charge in [-0.05, 0) is 67.3 Å². The molecule has 0 aliphatic heterocycles. The Morgan fingerprint density at radius 1 is 1.07 bits per heavy atom. The van der Waals surface area contributed by atoms with Gasteiger partial charge < -0.3 is 4.74 Å². The molecule has 0 saturated carbocycles. The van der Waals surface area contributed by atoms with Crippen LogP contribution >= 0.6 is 0 Å². The molecule has 0 aromatic heterocycles. The van der Waals surface area contributed by atoms with Crippen LogP contribution in [0.15, 0.2) is 54.6 Å². The van der Waals surface area contributed by atoms with E-state index < -0.39 is 0 Å². The Labute approximate surface area is 170 Å². The van der Waals surface area contributed by atoms with Crippen LogP contribution in [0, 0.1) is 0 Å². The van der Waals surface area contributed by atoms with Crippen LogP contribution in [0.3, 0.4) is 0 Å². The largest absolute Gasteiger partial charge is 0.459 e. The Bertz CT molecular complexity index is 761. The fraction of sp³-hybridized carbons (Fsp3) is 0.423. The van der Waals surface area contributed by atoms with E-state index in [0.717, 1.165) is 19.3 Å². The van der Waals surface area contributed by atoms with Gasteiger partial charge >= 0.3 is 5.97 Å². The lowest BCUT2D eigenvalue weighted by molar-refractivity contribution is 0.0327. The summed E-state index contributed by atoms with van der Waals surface area (Å²) in [5, 5.41) is 0. The number of hydrogen-bond acceptors (Lipinski definition) is 2. The number of carbonyl (C=O) groups is 1. The molecule has 150 valence electrons. The summed E-state index contributed by atoms with van der Waals surface area (Å²) < 4.78 is 5.52. The molecule has 28 heavy (non-hydrogen) atoms. The van der Waals surface area contributed by atoms with E-state index >= 15 is 0 Å². The summed E-state index contributed by atoms with van der Waals surface area (Å²) in [5.74, 6) is 0.363. The van der Waals surface area contributed by atoms with Crippen molar-refractivity contribution in [2.75, 3.05) is 0 Å². The third kappa shape index (κ3) is 6.67. The Balaban J connectivity index is 1.88. The molecule has 0 fully saturated rings. The van der Waals surface area contributed by atoms with Crippen molar-refractivity contribution in [2.24, 2.45) is 0 Å². The minimum Gasteiger partial charge on any atom is -0.459 e. The maximum Gasteiger partial charge on any atom is 0.338 e. The molecular formula is C26H34O2. The molecule has 0 radical (unpaired) electrons. The van der Waals surface area contributed by atoms with E-state index in [9.17, 15) is 4.79 Å². The molecule has 0 bridgehead atoms. The zero-order valence-corrected chi connectivity index (χ0v) is 17.8. The van der Waals surface area contributed by atoms with Gasteiger partial charge in [0.05, 0.1) is 11.7 Å². The minimum atomic E-state index is -0.248. The molecule has 0 N–H and O–H groups in total. The van der Waals surface area contributed by atoms with Crippen LogP contribution < -0.4 is 0 Å². The van der Waals surface area contributed by atoms with Crippen molar-refractivity contribution in [3.8, 4) is 0 Å². The van der Waals surface area contributed by atoms with Crippen molar-refractivity contribution in [2.45, 2.75) is 71.8 Å². The number of esters is 1. The van der Waals surface area contributed by atoms with Crippen molar-refractivity contribution < 1.29 is 9.53 Å². The number of ether oxygens (including phenoxy) is 1. The third-order valence-corrected chi connectivity index (χ3v) is 5.20. The Morgan fingerprint density at radius 2 is 1.82 bits per heavy atom. The second-order valence-electron chi connectivity index (χ2n) is 7.58. The monoisotopic (exact) mass is 378 g/mol.